The van der Waals surface area contributed by atoms with Crippen LogP contribution in [0, 0.1) is 19.8 Å². The first kappa shape index (κ1) is 15.2. The molecule has 0 saturated heterocycles. The van der Waals surface area contributed by atoms with E-state index in [1.54, 1.807) is 18.5 Å². The van der Waals surface area contributed by atoms with Crippen molar-refractivity contribution in [3.8, 4) is 0 Å². The molecule has 3 heterocycles. The van der Waals surface area contributed by atoms with Crippen molar-refractivity contribution < 1.29 is 9.18 Å². The van der Waals surface area contributed by atoms with Crippen molar-refractivity contribution in [3.63, 3.8) is 0 Å². The number of nitrogens with one attached hydrogen (secondary N) is 2. The largest absolute Gasteiger partial charge is 0.344 e. The van der Waals surface area contributed by atoms with E-state index < -0.39 is 11.9 Å². The van der Waals surface area contributed by atoms with Gasteiger partial charge in [0, 0.05) is 18.1 Å². The Morgan fingerprint density at radius 3 is 2.87 bits per heavy atom. The summed E-state index contributed by atoms with van der Waals surface area (Å²) in [6.45, 7) is 5.66. The average Bonchev–Trinajstić information content (AvgIpc) is 3.09. The van der Waals surface area contributed by atoms with E-state index >= 15 is 0 Å². The zero-order valence-electron chi connectivity index (χ0n) is 13.2. The van der Waals surface area contributed by atoms with E-state index in [9.17, 15) is 9.18 Å². The summed E-state index contributed by atoms with van der Waals surface area (Å²) in [6.07, 6.45) is 3.94. The van der Waals surface area contributed by atoms with Gasteiger partial charge in [0.15, 0.2) is 5.69 Å². The van der Waals surface area contributed by atoms with Gasteiger partial charge in [0.05, 0.1) is 6.04 Å². The second kappa shape index (κ2) is 5.83. The van der Waals surface area contributed by atoms with Gasteiger partial charge < -0.3 is 10.3 Å². The number of halogens is 1. The van der Waals surface area contributed by atoms with Crippen LogP contribution in [0.25, 0.3) is 5.65 Å². The summed E-state index contributed by atoms with van der Waals surface area (Å²) in [5.41, 5.74) is 1.98. The van der Waals surface area contributed by atoms with E-state index in [-0.39, 0.29) is 11.7 Å². The third-order valence-electron chi connectivity index (χ3n) is 3.69. The number of aromatic amines is 1. The maximum atomic E-state index is 14.4. The van der Waals surface area contributed by atoms with E-state index in [0.29, 0.717) is 17.9 Å². The number of rotatable bonds is 4. The van der Waals surface area contributed by atoms with E-state index in [0.717, 1.165) is 11.3 Å². The van der Waals surface area contributed by atoms with Crippen LogP contribution in [0.3, 0.4) is 0 Å². The van der Waals surface area contributed by atoms with Gasteiger partial charge in [-0.05, 0) is 31.9 Å². The molecule has 0 fully saturated rings. The topological polar surface area (TPSA) is 75.1 Å². The highest BCUT2D eigenvalue weighted by atomic mass is 19.1. The van der Waals surface area contributed by atoms with Gasteiger partial charge in [0.25, 0.3) is 5.91 Å². The maximum absolute atomic E-state index is 14.4. The molecule has 1 amide bonds. The summed E-state index contributed by atoms with van der Waals surface area (Å²) >= 11 is 0. The molecule has 2 N–H and O–H groups in total. The molecule has 0 aliphatic heterocycles. The van der Waals surface area contributed by atoms with Crippen molar-refractivity contribution in [1.29, 1.82) is 0 Å². The predicted molar refractivity (Wildman–Crippen MR) is 83.7 cm³/mol. The van der Waals surface area contributed by atoms with Gasteiger partial charge in [-0.25, -0.2) is 9.97 Å². The molecule has 3 aromatic heterocycles. The lowest BCUT2D eigenvalue weighted by Gasteiger charge is -2.13. The Morgan fingerprint density at radius 2 is 2.22 bits per heavy atom. The minimum Gasteiger partial charge on any atom is -0.344 e. The molecular weight excluding hydrogens is 297 g/mol. The summed E-state index contributed by atoms with van der Waals surface area (Å²) in [7, 11) is 0. The molecule has 1 atom stereocenters. The molecule has 0 saturated carbocycles. The van der Waals surface area contributed by atoms with Crippen LogP contribution in [-0.2, 0) is 0 Å². The third-order valence-corrected chi connectivity index (χ3v) is 3.69. The number of carbonyl (C=O) groups excluding carboxylic acids is 1. The van der Waals surface area contributed by atoms with Crippen LogP contribution in [0.4, 0.5) is 4.39 Å². The second-order valence-electron chi connectivity index (χ2n) is 5.57. The first-order valence-corrected chi connectivity index (χ1v) is 7.46. The van der Waals surface area contributed by atoms with E-state index in [1.807, 2.05) is 26.8 Å². The number of imidazole rings is 2. The van der Waals surface area contributed by atoms with Crippen LogP contribution in [0.5, 0.6) is 0 Å². The van der Waals surface area contributed by atoms with E-state index in [4.69, 9.17) is 0 Å². The Hall–Kier alpha value is -2.70. The fraction of sp³-hybridized carbons (Fsp3) is 0.312. The molecule has 0 bridgehead atoms. The van der Waals surface area contributed by atoms with Crippen molar-refractivity contribution in [2.24, 2.45) is 0 Å². The highest BCUT2D eigenvalue weighted by Crippen LogP contribution is 2.16. The van der Waals surface area contributed by atoms with Gasteiger partial charge in [-0.3, -0.25) is 9.20 Å². The van der Waals surface area contributed by atoms with Gasteiger partial charge >= 0.3 is 0 Å². The van der Waals surface area contributed by atoms with E-state index in [1.165, 1.54) is 4.40 Å². The molecule has 0 aliphatic rings. The number of amides is 1. The highest BCUT2D eigenvalue weighted by molar-refractivity contribution is 5.93. The minimum atomic E-state index is -0.660. The van der Waals surface area contributed by atoms with Gasteiger partial charge in [0.1, 0.15) is 11.5 Å². The molecule has 0 unspecified atom stereocenters. The van der Waals surface area contributed by atoms with Crippen LogP contribution in [0.2, 0.25) is 0 Å². The number of hydrogen-bond donors (Lipinski definition) is 2. The lowest BCUT2D eigenvalue weighted by atomic mass is 10.2. The van der Waals surface area contributed by atoms with Crippen LogP contribution in [-0.4, -0.2) is 25.3 Å². The molecule has 23 heavy (non-hydrogen) atoms. The summed E-state index contributed by atoms with van der Waals surface area (Å²) in [4.78, 5) is 23.8. The molecule has 0 radical (unpaired) electrons. The Balaban J connectivity index is 1.89. The minimum absolute atomic E-state index is 0.211. The molecule has 3 aromatic rings. The van der Waals surface area contributed by atoms with Gasteiger partial charge in [-0.2, -0.15) is 4.39 Å². The number of carbonyl (C=O) groups is 1. The smallest absolute Gasteiger partial charge is 0.275 e. The van der Waals surface area contributed by atoms with Crippen LogP contribution >= 0.6 is 0 Å². The molecule has 6 nitrogen and oxygen atoms in total. The summed E-state index contributed by atoms with van der Waals surface area (Å²) in [5, 5.41) is 2.78. The fourth-order valence-electron chi connectivity index (χ4n) is 2.47. The molecule has 3 rings (SSSR count). The molecular formula is C16H18FN5O. The average molecular weight is 315 g/mol. The van der Waals surface area contributed by atoms with Crippen molar-refractivity contribution in [2.75, 3.05) is 0 Å². The summed E-state index contributed by atoms with van der Waals surface area (Å²) < 4.78 is 15.7. The molecule has 0 spiro atoms. The second-order valence-corrected chi connectivity index (χ2v) is 5.57. The van der Waals surface area contributed by atoms with E-state index in [2.05, 4.69) is 20.3 Å². The van der Waals surface area contributed by atoms with Crippen LogP contribution < -0.4 is 5.32 Å². The SMILES string of the molecule is CC[C@H](NC(=O)c1nc2ccc(C)cn2c1F)c1ncc(C)[nH]1. The Bertz CT molecular complexity index is 867. The zero-order valence-corrected chi connectivity index (χ0v) is 13.2. The van der Waals surface area contributed by atoms with Crippen LogP contribution in [0.15, 0.2) is 24.5 Å². The van der Waals surface area contributed by atoms with Gasteiger partial charge in [-0.15, -0.1) is 0 Å². The summed E-state index contributed by atoms with van der Waals surface area (Å²) in [5.74, 6) is -0.560. The molecule has 7 heteroatoms. The number of nitrogens with zero attached hydrogens (tertiary/aromatic N) is 3. The number of pyridine rings is 1. The lowest BCUT2D eigenvalue weighted by molar-refractivity contribution is 0.0924. The summed E-state index contributed by atoms with van der Waals surface area (Å²) in [6, 6.07) is 3.19. The Labute approximate surface area is 132 Å². The van der Waals surface area contributed by atoms with Crippen molar-refractivity contribution >= 4 is 11.6 Å². The normalized spacial score (nSPS) is 12.5. The standard InChI is InChI=1S/C16H18FN5O/c1-4-11(15-18-7-10(3)19-15)20-16(23)13-14(17)22-8-9(2)5-6-12(22)21-13/h5-8,11H,4H2,1-3H3,(H,18,19)(H,20,23)/t11-/m0/s1. The van der Waals surface area contributed by atoms with Crippen LogP contribution in [0.1, 0.15) is 47.0 Å². The third kappa shape index (κ3) is 2.81. The number of hydrogen-bond acceptors (Lipinski definition) is 3. The zero-order chi connectivity index (χ0) is 16.6. The predicted octanol–water partition coefficient (Wildman–Crippen LogP) is 2.69. The first-order chi connectivity index (χ1) is 11.0. The van der Waals surface area contributed by atoms with Crippen molar-refractivity contribution in [1.82, 2.24) is 24.7 Å². The molecule has 0 aliphatic carbocycles. The van der Waals surface area contributed by atoms with Crippen molar-refractivity contribution in [3.05, 3.63) is 53.2 Å². The van der Waals surface area contributed by atoms with Gasteiger partial charge in [-0.1, -0.05) is 13.0 Å². The quantitative estimate of drug-likeness (QED) is 0.777. The van der Waals surface area contributed by atoms with Crippen molar-refractivity contribution in [2.45, 2.75) is 33.2 Å². The first-order valence-electron chi connectivity index (χ1n) is 7.46. The maximum Gasteiger partial charge on any atom is 0.275 e. The number of aromatic nitrogens is 4. The monoisotopic (exact) mass is 315 g/mol. The number of H-pyrrole nitrogens is 1. The Kier molecular flexibility index (Phi) is 3.85. The number of fused-ring (bicyclic) bond motifs is 1. The molecule has 120 valence electrons. The fourth-order valence-corrected chi connectivity index (χ4v) is 2.47. The number of aryl methyl sites for hydroxylation is 2. The van der Waals surface area contributed by atoms with Gasteiger partial charge in [0.2, 0.25) is 5.95 Å². The highest BCUT2D eigenvalue weighted by Gasteiger charge is 2.23. The lowest BCUT2D eigenvalue weighted by Crippen LogP contribution is -2.29. The molecule has 0 aromatic carbocycles. The Morgan fingerprint density at radius 1 is 1.43 bits per heavy atom.